The second-order valence-electron chi connectivity index (χ2n) is 9.05. The molecular formula is C25H25FN6O3. The highest BCUT2D eigenvalue weighted by Crippen LogP contribution is 2.34. The van der Waals surface area contributed by atoms with E-state index in [-0.39, 0.29) is 17.7 Å². The van der Waals surface area contributed by atoms with E-state index in [4.69, 9.17) is 0 Å². The number of nitrogens with one attached hydrogen (secondary N) is 1. The number of hydrogen-bond acceptors (Lipinski definition) is 4. The Hall–Kier alpha value is -4.21. The van der Waals surface area contributed by atoms with Crippen LogP contribution in [0.5, 0.6) is 0 Å². The molecule has 1 aliphatic rings. The van der Waals surface area contributed by atoms with Crippen LogP contribution < -0.4 is 5.32 Å². The fraction of sp³-hybridized carbons (Fsp3) is 0.280. The zero-order valence-corrected chi connectivity index (χ0v) is 19.8. The van der Waals surface area contributed by atoms with Crippen LogP contribution in [0.15, 0.2) is 42.9 Å². The molecule has 1 aromatic carbocycles. The predicted molar refractivity (Wildman–Crippen MR) is 130 cm³/mol. The molecule has 0 saturated heterocycles. The lowest BCUT2D eigenvalue weighted by molar-refractivity contribution is 0.102. The van der Waals surface area contributed by atoms with Gasteiger partial charge in [0.25, 0.3) is 5.91 Å². The molecule has 0 bridgehead atoms. The molecule has 0 saturated carbocycles. The lowest BCUT2D eigenvalue weighted by Gasteiger charge is -2.36. The number of carboxylic acid groups (broad SMARTS) is 1. The van der Waals surface area contributed by atoms with Gasteiger partial charge in [0.1, 0.15) is 5.52 Å². The van der Waals surface area contributed by atoms with E-state index < -0.39 is 17.8 Å². The number of imidazole rings is 1. The van der Waals surface area contributed by atoms with Gasteiger partial charge in [0.2, 0.25) is 0 Å². The van der Waals surface area contributed by atoms with Crippen molar-refractivity contribution >= 4 is 39.8 Å². The van der Waals surface area contributed by atoms with Crippen LogP contribution in [0.4, 0.5) is 14.9 Å². The van der Waals surface area contributed by atoms with Gasteiger partial charge in [0, 0.05) is 43.1 Å². The number of aromatic nitrogens is 4. The molecule has 3 aromatic heterocycles. The zero-order valence-electron chi connectivity index (χ0n) is 19.8. The minimum atomic E-state index is -0.945. The van der Waals surface area contributed by atoms with Crippen molar-refractivity contribution in [3.8, 4) is 0 Å². The maximum Gasteiger partial charge on any atom is 0.408 e. The van der Waals surface area contributed by atoms with Crippen molar-refractivity contribution in [1.82, 2.24) is 24.1 Å². The standard InChI is InChI=1S/C25H25FN6O3/c1-13-10-31-11-17(9-21(26)23(31)27-13)28-24(33)19-6-5-18(20-12-30(4)29-22(19)20)16-7-14(2)32(25(34)35)15(3)8-16/h5-7,9-12,14-15H,8H2,1-4H3,(H,28,33)(H,34,35). The number of benzene rings is 1. The third-order valence-electron chi connectivity index (χ3n) is 6.36. The molecule has 0 fully saturated rings. The van der Waals surface area contributed by atoms with Crippen LogP contribution in [0.3, 0.4) is 0 Å². The van der Waals surface area contributed by atoms with Crippen LogP contribution in [0.25, 0.3) is 22.1 Å². The molecule has 1 aliphatic heterocycles. The van der Waals surface area contributed by atoms with E-state index in [2.05, 4.69) is 15.4 Å². The lowest BCUT2D eigenvalue weighted by Crippen LogP contribution is -2.45. The molecule has 0 aliphatic carbocycles. The first-order valence-electron chi connectivity index (χ1n) is 11.3. The maximum atomic E-state index is 14.5. The number of aryl methyl sites for hydroxylation is 2. The van der Waals surface area contributed by atoms with E-state index in [0.29, 0.717) is 28.9 Å². The highest BCUT2D eigenvalue weighted by atomic mass is 19.1. The second kappa shape index (κ2) is 8.23. The number of fused-ring (bicyclic) bond motifs is 2. The van der Waals surface area contributed by atoms with E-state index >= 15 is 0 Å². The first-order valence-corrected chi connectivity index (χ1v) is 11.3. The second-order valence-corrected chi connectivity index (χ2v) is 9.05. The average Bonchev–Trinajstić information content (AvgIpc) is 3.33. The van der Waals surface area contributed by atoms with Gasteiger partial charge in [0.05, 0.1) is 23.0 Å². The Morgan fingerprint density at radius 3 is 2.69 bits per heavy atom. The maximum absolute atomic E-state index is 14.5. The molecule has 2 N–H and O–H groups in total. The molecule has 2 atom stereocenters. The summed E-state index contributed by atoms with van der Waals surface area (Å²) in [5.41, 5.74) is 3.97. The molecule has 0 radical (unpaired) electrons. The predicted octanol–water partition coefficient (Wildman–Crippen LogP) is 4.46. The molecule has 4 aromatic rings. The third-order valence-corrected chi connectivity index (χ3v) is 6.36. The highest BCUT2D eigenvalue weighted by molar-refractivity contribution is 6.13. The SMILES string of the molecule is Cc1cn2cc(NC(=O)c3ccc(C4=CC(C)N(C(=O)O)C(C)C4)c4cn(C)nc34)cc(F)c2n1. The van der Waals surface area contributed by atoms with Gasteiger partial charge in [-0.25, -0.2) is 14.2 Å². The van der Waals surface area contributed by atoms with Crippen molar-refractivity contribution in [1.29, 1.82) is 0 Å². The number of hydrogen-bond donors (Lipinski definition) is 2. The monoisotopic (exact) mass is 476 g/mol. The van der Waals surface area contributed by atoms with Crippen LogP contribution in [-0.4, -0.2) is 53.3 Å². The number of pyridine rings is 1. The summed E-state index contributed by atoms with van der Waals surface area (Å²) in [5, 5.41) is 17.6. The summed E-state index contributed by atoms with van der Waals surface area (Å²) in [6.45, 7) is 5.51. The van der Waals surface area contributed by atoms with Gasteiger partial charge in [-0.05, 0) is 44.4 Å². The summed E-state index contributed by atoms with van der Waals surface area (Å²) in [4.78, 5) is 30.4. The molecule has 5 rings (SSSR count). The van der Waals surface area contributed by atoms with Gasteiger partial charge in [-0.1, -0.05) is 12.1 Å². The number of carbonyl (C=O) groups is 2. The van der Waals surface area contributed by atoms with Gasteiger partial charge in [-0.15, -0.1) is 0 Å². The smallest absolute Gasteiger partial charge is 0.408 e. The number of rotatable bonds is 3. The Kier molecular flexibility index (Phi) is 5.31. The Morgan fingerprint density at radius 2 is 1.97 bits per heavy atom. The Morgan fingerprint density at radius 1 is 1.20 bits per heavy atom. The molecule has 180 valence electrons. The van der Waals surface area contributed by atoms with Crippen LogP contribution in [0.2, 0.25) is 0 Å². The quantitative estimate of drug-likeness (QED) is 0.454. The van der Waals surface area contributed by atoms with Crippen molar-refractivity contribution in [2.24, 2.45) is 7.05 Å². The molecule has 2 unspecified atom stereocenters. The molecule has 35 heavy (non-hydrogen) atoms. The highest BCUT2D eigenvalue weighted by Gasteiger charge is 2.30. The number of carbonyl (C=O) groups excluding carboxylic acids is 1. The Labute approximate surface area is 200 Å². The summed E-state index contributed by atoms with van der Waals surface area (Å²) in [6.07, 6.45) is 6.70. The molecule has 0 spiro atoms. The van der Waals surface area contributed by atoms with E-state index in [1.54, 1.807) is 37.1 Å². The van der Waals surface area contributed by atoms with Crippen molar-refractivity contribution in [2.75, 3.05) is 5.32 Å². The largest absolute Gasteiger partial charge is 0.465 e. The number of halogens is 1. The van der Waals surface area contributed by atoms with Crippen LogP contribution in [-0.2, 0) is 7.05 Å². The first kappa shape index (κ1) is 22.6. The van der Waals surface area contributed by atoms with Crippen LogP contribution in [0.1, 0.15) is 41.9 Å². The van der Waals surface area contributed by atoms with Crippen molar-refractivity contribution in [2.45, 2.75) is 39.3 Å². The van der Waals surface area contributed by atoms with Gasteiger partial charge >= 0.3 is 6.09 Å². The van der Waals surface area contributed by atoms with Crippen molar-refractivity contribution in [3.63, 3.8) is 0 Å². The molecular weight excluding hydrogens is 451 g/mol. The average molecular weight is 477 g/mol. The van der Waals surface area contributed by atoms with E-state index in [9.17, 15) is 19.1 Å². The Balaban J connectivity index is 1.51. The first-order chi connectivity index (χ1) is 16.6. The Bertz CT molecular complexity index is 1540. The summed E-state index contributed by atoms with van der Waals surface area (Å²) >= 11 is 0. The van der Waals surface area contributed by atoms with Gasteiger partial charge in [0.15, 0.2) is 11.5 Å². The van der Waals surface area contributed by atoms with Crippen molar-refractivity contribution in [3.05, 3.63) is 65.5 Å². The fourth-order valence-corrected chi connectivity index (χ4v) is 4.95. The number of nitrogens with zero attached hydrogens (tertiary/aromatic N) is 5. The minimum Gasteiger partial charge on any atom is -0.465 e. The topological polar surface area (TPSA) is 105 Å². The van der Waals surface area contributed by atoms with Gasteiger partial charge in [-0.3, -0.25) is 14.4 Å². The summed E-state index contributed by atoms with van der Waals surface area (Å²) in [7, 11) is 1.78. The fourth-order valence-electron chi connectivity index (χ4n) is 4.95. The van der Waals surface area contributed by atoms with E-state index in [1.807, 2.05) is 32.2 Å². The molecule has 10 heteroatoms. The molecule has 4 heterocycles. The van der Waals surface area contributed by atoms with Crippen molar-refractivity contribution < 1.29 is 19.1 Å². The summed E-state index contributed by atoms with van der Waals surface area (Å²) in [6, 6.07) is 4.35. The zero-order chi connectivity index (χ0) is 25.0. The van der Waals surface area contributed by atoms with Gasteiger partial charge < -0.3 is 14.8 Å². The molecule has 2 amide bonds. The summed E-state index contributed by atoms with van der Waals surface area (Å²) in [5.74, 6) is -0.940. The van der Waals surface area contributed by atoms with Gasteiger partial charge in [-0.2, -0.15) is 5.10 Å². The third kappa shape index (κ3) is 3.90. The molecule has 9 nitrogen and oxygen atoms in total. The normalized spacial score (nSPS) is 18.2. The lowest BCUT2D eigenvalue weighted by atomic mass is 9.89. The number of anilines is 1. The summed E-state index contributed by atoms with van der Waals surface area (Å²) < 4.78 is 17.7. The number of amides is 2. The van der Waals surface area contributed by atoms with E-state index in [0.717, 1.165) is 16.5 Å². The van der Waals surface area contributed by atoms with E-state index in [1.165, 1.54) is 15.4 Å². The minimum absolute atomic E-state index is 0.186. The van der Waals surface area contributed by atoms with Crippen LogP contribution in [0, 0.1) is 12.7 Å². The van der Waals surface area contributed by atoms with Crippen LogP contribution >= 0.6 is 0 Å².